The third kappa shape index (κ3) is 3.62. The predicted octanol–water partition coefficient (Wildman–Crippen LogP) is 3.64. The van der Waals surface area contributed by atoms with Gasteiger partial charge in [-0.05, 0) is 31.0 Å². The Morgan fingerprint density at radius 3 is 2.47 bits per heavy atom. The molecule has 2 nitrogen and oxygen atoms in total. The lowest BCUT2D eigenvalue weighted by molar-refractivity contribution is 0.510. The number of rotatable bonds is 4. The predicted molar refractivity (Wildman–Crippen MR) is 79.0 cm³/mol. The van der Waals surface area contributed by atoms with E-state index >= 15 is 0 Å². The Labute approximate surface area is 120 Å². The SMILES string of the molecule is Cc1ccc(CC(NN)c2ccc(Br)cc2F)cc1. The first kappa shape index (κ1) is 14.2. The molecule has 0 bridgehead atoms. The average molecular weight is 323 g/mol. The van der Waals surface area contributed by atoms with Gasteiger partial charge in [-0.1, -0.05) is 51.8 Å². The van der Waals surface area contributed by atoms with Crippen LogP contribution in [-0.4, -0.2) is 0 Å². The van der Waals surface area contributed by atoms with Crippen molar-refractivity contribution in [3.63, 3.8) is 0 Å². The molecule has 0 radical (unpaired) electrons. The summed E-state index contributed by atoms with van der Waals surface area (Å²) in [5.41, 5.74) is 5.59. The zero-order valence-electron chi connectivity index (χ0n) is 10.7. The highest BCUT2D eigenvalue weighted by Gasteiger charge is 2.15. The maximum atomic E-state index is 13.9. The molecule has 0 spiro atoms. The average Bonchev–Trinajstić information content (AvgIpc) is 2.39. The largest absolute Gasteiger partial charge is 0.271 e. The van der Waals surface area contributed by atoms with E-state index in [-0.39, 0.29) is 11.9 Å². The molecule has 2 rings (SSSR count). The van der Waals surface area contributed by atoms with Gasteiger partial charge in [0.15, 0.2) is 0 Å². The summed E-state index contributed by atoms with van der Waals surface area (Å²) in [7, 11) is 0. The number of hydrogen-bond acceptors (Lipinski definition) is 2. The van der Waals surface area contributed by atoms with E-state index in [0.29, 0.717) is 12.0 Å². The fraction of sp³-hybridized carbons (Fsp3) is 0.200. The Morgan fingerprint density at radius 2 is 1.89 bits per heavy atom. The maximum absolute atomic E-state index is 13.9. The van der Waals surface area contributed by atoms with Crippen molar-refractivity contribution in [1.82, 2.24) is 5.43 Å². The lowest BCUT2D eigenvalue weighted by Gasteiger charge is -2.17. The van der Waals surface area contributed by atoms with Crippen LogP contribution in [0, 0.1) is 12.7 Å². The number of hydrazine groups is 1. The monoisotopic (exact) mass is 322 g/mol. The molecule has 100 valence electrons. The van der Waals surface area contributed by atoms with Crippen LogP contribution in [0.2, 0.25) is 0 Å². The summed E-state index contributed by atoms with van der Waals surface area (Å²) in [6.07, 6.45) is 0.648. The van der Waals surface area contributed by atoms with Crippen LogP contribution >= 0.6 is 15.9 Å². The normalized spacial score (nSPS) is 12.4. The molecular formula is C15H16BrFN2. The molecule has 0 heterocycles. The van der Waals surface area contributed by atoms with Crippen molar-refractivity contribution in [2.24, 2.45) is 5.84 Å². The molecular weight excluding hydrogens is 307 g/mol. The second kappa shape index (κ2) is 6.28. The molecule has 0 aliphatic rings. The van der Waals surface area contributed by atoms with Crippen LogP contribution in [0.3, 0.4) is 0 Å². The van der Waals surface area contributed by atoms with E-state index in [0.717, 1.165) is 10.0 Å². The summed E-state index contributed by atoms with van der Waals surface area (Å²) in [4.78, 5) is 0. The first-order valence-corrected chi connectivity index (χ1v) is 6.86. The zero-order chi connectivity index (χ0) is 13.8. The van der Waals surface area contributed by atoms with Gasteiger partial charge in [0.05, 0.1) is 6.04 Å². The maximum Gasteiger partial charge on any atom is 0.129 e. The second-order valence-electron chi connectivity index (χ2n) is 4.57. The van der Waals surface area contributed by atoms with Crippen LogP contribution in [0.1, 0.15) is 22.7 Å². The molecule has 1 unspecified atom stereocenters. The van der Waals surface area contributed by atoms with E-state index in [2.05, 4.69) is 21.4 Å². The van der Waals surface area contributed by atoms with Gasteiger partial charge in [0, 0.05) is 10.0 Å². The Hall–Kier alpha value is -1.23. The summed E-state index contributed by atoms with van der Waals surface area (Å²) in [5, 5.41) is 0. The molecule has 0 saturated carbocycles. The van der Waals surface area contributed by atoms with Crippen molar-refractivity contribution >= 4 is 15.9 Å². The van der Waals surface area contributed by atoms with Crippen molar-refractivity contribution in [2.75, 3.05) is 0 Å². The summed E-state index contributed by atoms with van der Waals surface area (Å²) < 4.78 is 14.7. The van der Waals surface area contributed by atoms with E-state index < -0.39 is 0 Å². The van der Waals surface area contributed by atoms with Crippen molar-refractivity contribution in [1.29, 1.82) is 0 Å². The minimum absolute atomic E-state index is 0.240. The Bertz CT molecular complexity index is 555. The van der Waals surface area contributed by atoms with Crippen LogP contribution < -0.4 is 11.3 Å². The Balaban J connectivity index is 2.22. The Morgan fingerprint density at radius 1 is 1.21 bits per heavy atom. The van der Waals surface area contributed by atoms with Crippen LogP contribution in [0.25, 0.3) is 0 Å². The highest BCUT2D eigenvalue weighted by Crippen LogP contribution is 2.23. The second-order valence-corrected chi connectivity index (χ2v) is 5.49. The molecule has 0 saturated heterocycles. The molecule has 2 aromatic carbocycles. The third-order valence-electron chi connectivity index (χ3n) is 3.10. The molecule has 0 aliphatic carbocycles. The van der Waals surface area contributed by atoms with Gasteiger partial charge in [0.25, 0.3) is 0 Å². The van der Waals surface area contributed by atoms with Gasteiger partial charge in [0.1, 0.15) is 5.82 Å². The molecule has 3 N–H and O–H groups in total. The Kier molecular flexibility index (Phi) is 4.69. The minimum Gasteiger partial charge on any atom is -0.271 e. The van der Waals surface area contributed by atoms with Gasteiger partial charge in [-0.2, -0.15) is 0 Å². The van der Waals surface area contributed by atoms with Gasteiger partial charge in [0.2, 0.25) is 0 Å². The topological polar surface area (TPSA) is 38.0 Å². The molecule has 1 atom stereocenters. The molecule has 0 fully saturated rings. The number of hydrogen-bond donors (Lipinski definition) is 2. The minimum atomic E-state index is -0.260. The first-order chi connectivity index (χ1) is 9.10. The quantitative estimate of drug-likeness (QED) is 0.666. The van der Waals surface area contributed by atoms with Crippen molar-refractivity contribution < 1.29 is 4.39 Å². The fourth-order valence-corrected chi connectivity index (χ4v) is 2.34. The molecule has 0 aliphatic heterocycles. The summed E-state index contributed by atoms with van der Waals surface area (Å²) >= 11 is 3.25. The lowest BCUT2D eigenvalue weighted by atomic mass is 9.98. The van der Waals surface area contributed by atoms with Crippen molar-refractivity contribution in [3.8, 4) is 0 Å². The van der Waals surface area contributed by atoms with E-state index in [4.69, 9.17) is 5.84 Å². The standard InChI is InChI=1S/C15H16BrFN2/c1-10-2-4-11(5-3-10)8-15(19-18)13-7-6-12(16)9-14(13)17/h2-7,9,15,19H,8,18H2,1H3. The number of aryl methyl sites for hydroxylation is 1. The fourth-order valence-electron chi connectivity index (χ4n) is 2.00. The lowest BCUT2D eigenvalue weighted by Crippen LogP contribution is -2.30. The highest BCUT2D eigenvalue weighted by molar-refractivity contribution is 9.10. The third-order valence-corrected chi connectivity index (χ3v) is 3.59. The number of nitrogens with two attached hydrogens (primary N) is 1. The van der Waals surface area contributed by atoms with Gasteiger partial charge in [-0.25, -0.2) is 4.39 Å². The van der Waals surface area contributed by atoms with E-state index in [1.54, 1.807) is 6.07 Å². The van der Waals surface area contributed by atoms with Crippen LogP contribution in [-0.2, 0) is 6.42 Å². The first-order valence-electron chi connectivity index (χ1n) is 6.07. The van der Waals surface area contributed by atoms with Gasteiger partial charge < -0.3 is 0 Å². The smallest absolute Gasteiger partial charge is 0.129 e. The van der Waals surface area contributed by atoms with Crippen LogP contribution in [0.15, 0.2) is 46.9 Å². The van der Waals surface area contributed by atoms with Crippen LogP contribution in [0.5, 0.6) is 0 Å². The van der Waals surface area contributed by atoms with Crippen molar-refractivity contribution in [3.05, 3.63) is 69.4 Å². The summed E-state index contributed by atoms with van der Waals surface area (Å²) in [5.74, 6) is 5.30. The molecule has 19 heavy (non-hydrogen) atoms. The molecule has 2 aromatic rings. The summed E-state index contributed by atoms with van der Waals surface area (Å²) in [6, 6.07) is 12.9. The molecule has 0 aromatic heterocycles. The zero-order valence-corrected chi connectivity index (χ0v) is 12.2. The van der Waals surface area contributed by atoms with Gasteiger partial charge >= 0.3 is 0 Å². The van der Waals surface area contributed by atoms with Crippen LogP contribution in [0.4, 0.5) is 4.39 Å². The number of halogens is 2. The highest BCUT2D eigenvalue weighted by atomic mass is 79.9. The van der Waals surface area contributed by atoms with E-state index in [1.807, 2.05) is 37.3 Å². The number of benzene rings is 2. The van der Waals surface area contributed by atoms with E-state index in [1.165, 1.54) is 11.6 Å². The van der Waals surface area contributed by atoms with Gasteiger partial charge in [-0.3, -0.25) is 11.3 Å². The molecule has 0 amide bonds. The van der Waals surface area contributed by atoms with Crippen molar-refractivity contribution in [2.45, 2.75) is 19.4 Å². The number of nitrogens with one attached hydrogen (secondary N) is 1. The summed E-state index contributed by atoms with van der Waals surface area (Å²) in [6.45, 7) is 2.04. The van der Waals surface area contributed by atoms with Gasteiger partial charge in [-0.15, -0.1) is 0 Å². The van der Waals surface area contributed by atoms with E-state index in [9.17, 15) is 4.39 Å². The molecule has 4 heteroatoms.